The fourth-order valence-corrected chi connectivity index (χ4v) is 6.90. The van der Waals surface area contributed by atoms with Crippen molar-refractivity contribution in [2.24, 2.45) is 17.3 Å². The summed E-state index contributed by atoms with van der Waals surface area (Å²) in [5, 5.41) is 30.6. The Morgan fingerprint density at radius 3 is 2.74 bits per heavy atom. The molecule has 4 heteroatoms. The van der Waals surface area contributed by atoms with Gasteiger partial charge in [-0.15, -0.1) is 0 Å². The molecule has 0 radical (unpaired) electrons. The van der Waals surface area contributed by atoms with Crippen LogP contribution < -0.4 is 0 Å². The molecule has 0 amide bonds. The number of hydrogen-bond donors (Lipinski definition) is 3. The molecule has 4 nitrogen and oxygen atoms in total. The van der Waals surface area contributed by atoms with Crippen LogP contribution in [-0.2, 0) is 16.9 Å². The normalized spacial score (nSPS) is 34.9. The van der Waals surface area contributed by atoms with Gasteiger partial charge in [-0.2, -0.15) is 0 Å². The van der Waals surface area contributed by atoms with Gasteiger partial charge in [-0.05, 0) is 98.8 Å². The SMILES string of the molecule is C=C1/C(=C\C=C2/CCC[C@]3(C)[C@@H]([C@@H](C)OCc4cccc(C(C)(C)O)c4)CC[C@@H]23)C[C@@H](O)C[C@@H]1O. The minimum absolute atomic E-state index is 0.164. The Bertz CT molecular complexity index is 984. The molecule has 3 aliphatic rings. The number of rotatable bonds is 6. The van der Waals surface area contributed by atoms with Crippen LogP contribution in [0.2, 0.25) is 0 Å². The van der Waals surface area contributed by atoms with E-state index in [-0.39, 0.29) is 11.5 Å². The largest absolute Gasteiger partial charge is 0.393 e. The van der Waals surface area contributed by atoms with Crippen molar-refractivity contribution in [2.45, 2.75) is 103 Å². The summed E-state index contributed by atoms with van der Waals surface area (Å²) in [5.74, 6) is 1.06. The highest BCUT2D eigenvalue weighted by atomic mass is 16.5. The van der Waals surface area contributed by atoms with E-state index in [1.807, 2.05) is 32.0 Å². The molecule has 4 rings (SSSR count). The second-order valence-corrected chi connectivity index (χ2v) is 11.9. The van der Waals surface area contributed by atoms with Gasteiger partial charge in [0.1, 0.15) is 0 Å². The van der Waals surface area contributed by atoms with E-state index >= 15 is 0 Å². The van der Waals surface area contributed by atoms with Gasteiger partial charge in [-0.1, -0.05) is 55.5 Å². The lowest BCUT2D eigenvalue weighted by Crippen LogP contribution is -2.38. The molecule has 1 aromatic rings. The first-order chi connectivity index (χ1) is 16.5. The summed E-state index contributed by atoms with van der Waals surface area (Å²) in [4.78, 5) is 0. The minimum Gasteiger partial charge on any atom is -0.393 e. The third-order valence-electron chi connectivity index (χ3n) is 9.02. The lowest BCUT2D eigenvalue weighted by molar-refractivity contribution is -0.0333. The fourth-order valence-electron chi connectivity index (χ4n) is 6.90. The molecule has 3 N–H and O–H groups in total. The molecule has 0 unspecified atom stereocenters. The van der Waals surface area contributed by atoms with Crippen LogP contribution in [-0.4, -0.2) is 33.6 Å². The summed E-state index contributed by atoms with van der Waals surface area (Å²) in [7, 11) is 0. The summed E-state index contributed by atoms with van der Waals surface area (Å²) in [6.07, 6.45) is 10.2. The average molecular weight is 481 g/mol. The Labute approximate surface area is 211 Å². The first-order valence-electron chi connectivity index (χ1n) is 13.4. The molecule has 3 saturated carbocycles. The van der Waals surface area contributed by atoms with Crippen molar-refractivity contribution in [1.82, 2.24) is 0 Å². The van der Waals surface area contributed by atoms with Gasteiger partial charge in [0, 0.05) is 6.42 Å². The molecule has 1 aromatic carbocycles. The first-order valence-corrected chi connectivity index (χ1v) is 13.4. The first kappa shape index (κ1) is 26.3. The Morgan fingerprint density at radius 1 is 1.23 bits per heavy atom. The van der Waals surface area contributed by atoms with Crippen molar-refractivity contribution in [1.29, 1.82) is 0 Å². The maximum atomic E-state index is 10.3. The molecule has 0 aliphatic heterocycles. The number of fused-ring (bicyclic) bond motifs is 1. The van der Waals surface area contributed by atoms with Crippen molar-refractivity contribution in [3.63, 3.8) is 0 Å². The summed E-state index contributed by atoms with van der Waals surface area (Å²) >= 11 is 0. The minimum atomic E-state index is -0.853. The second-order valence-electron chi connectivity index (χ2n) is 11.9. The Kier molecular flexibility index (Phi) is 7.78. The molecule has 0 saturated heterocycles. The standard InChI is InChI=1S/C31H44O4/c1-20-24(17-26(32)18-29(20)33)12-11-23-9-7-15-31(5)27(13-14-28(23)31)21(2)35-19-22-8-6-10-25(16-22)30(3,4)34/h6,8,10-12,16,21,26-29,32-34H,1,7,9,13-15,17-19H2,2-5H3/b23-11+,24-12-/t21-,26-,27-,28+,29+,31-/m1/s1. The number of benzene rings is 1. The van der Waals surface area contributed by atoms with Crippen LogP contribution in [0, 0.1) is 17.3 Å². The molecule has 3 fully saturated rings. The highest BCUT2D eigenvalue weighted by Crippen LogP contribution is 2.58. The third kappa shape index (κ3) is 5.67. The zero-order chi connectivity index (χ0) is 25.4. The molecular weight excluding hydrogens is 436 g/mol. The lowest BCUT2D eigenvalue weighted by atomic mass is 9.62. The van der Waals surface area contributed by atoms with Crippen LogP contribution in [0.3, 0.4) is 0 Å². The van der Waals surface area contributed by atoms with E-state index in [0.29, 0.717) is 31.3 Å². The van der Waals surface area contributed by atoms with Crippen LogP contribution in [0.5, 0.6) is 0 Å². The van der Waals surface area contributed by atoms with Crippen LogP contribution in [0.1, 0.15) is 83.8 Å². The Balaban J connectivity index is 1.45. The molecule has 192 valence electrons. The van der Waals surface area contributed by atoms with Gasteiger partial charge in [0.05, 0.1) is 30.5 Å². The maximum Gasteiger partial charge on any atom is 0.0840 e. The number of aliphatic hydroxyl groups excluding tert-OH is 2. The van der Waals surface area contributed by atoms with Crippen molar-refractivity contribution < 1.29 is 20.1 Å². The molecule has 0 spiro atoms. The quantitative estimate of drug-likeness (QED) is 0.470. The van der Waals surface area contributed by atoms with Crippen LogP contribution in [0.25, 0.3) is 0 Å². The van der Waals surface area contributed by atoms with Gasteiger partial charge >= 0.3 is 0 Å². The van der Waals surface area contributed by atoms with E-state index in [0.717, 1.165) is 28.7 Å². The molecule has 3 aliphatic carbocycles. The number of hydrogen-bond acceptors (Lipinski definition) is 4. The number of allylic oxidation sites excluding steroid dienone is 3. The average Bonchev–Trinajstić information content (AvgIpc) is 3.16. The number of ether oxygens (including phenoxy) is 1. The molecule has 35 heavy (non-hydrogen) atoms. The smallest absolute Gasteiger partial charge is 0.0840 e. The monoisotopic (exact) mass is 480 g/mol. The Morgan fingerprint density at radius 2 is 2.00 bits per heavy atom. The van der Waals surface area contributed by atoms with Crippen LogP contribution in [0.4, 0.5) is 0 Å². The van der Waals surface area contributed by atoms with E-state index in [4.69, 9.17) is 4.74 Å². The van der Waals surface area contributed by atoms with Gasteiger partial charge in [-0.3, -0.25) is 0 Å². The van der Waals surface area contributed by atoms with Gasteiger partial charge in [0.25, 0.3) is 0 Å². The second kappa shape index (κ2) is 10.3. The summed E-state index contributed by atoms with van der Waals surface area (Å²) in [5.41, 5.74) is 4.62. The zero-order valence-electron chi connectivity index (χ0n) is 22.0. The number of aliphatic hydroxyl groups is 3. The molecule has 0 heterocycles. The molecular formula is C31H44O4. The van der Waals surface area contributed by atoms with Crippen LogP contribution >= 0.6 is 0 Å². The van der Waals surface area contributed by atoms with E-state index in [1.54, 1.807) is 0 Å². The van der Waals surface area contributed by atoms with Crippen molar-refractivity contribution in [3.8, 4) is 0 Å². The van der Waals surface area contributed by atoms with E-state index in [1.165, 1.54) is 31.3 Å². The zero-order valence-corrected chi connectivity index (χ0v) is 22.0. The molecule has 6 atom stereocenters. The predicted molar refractivity (Wildman–Crippen MR) is 141 cm³/mol. The van der Waals surface area contributed by atoms with Gasteiger partial charge in [0.2, 0.25) is 0 Å². The van der Waals surface area contributed by atoms with Gasteiger partial charge in [0.15, 0.2) is 0 Å². The summed E-state index contributed by atoms with van der Waals surface area (Å²) < 4.78 is 6.44. The summed E-state index contributed by atoms with van der Waals surface area (Å²) in [6.45, 7) is 12.9. The molecule has 0 bridgehead atoms. The van der Waals surface area contributed by atoms with Crippen molar-refractivity contribution in [3.05, 3.63) is 70.8 Å². The third-order valence-corrected chi connectivity index (χ3v) is 9.02. The van der Waals surface area contributed by atoms with Gasteiger partial charge in [-0.25, -0.2) is 0 Å². The van der Waals surface area contributed by atoms with E-state index in [9.17, 15) is 15.3 Å². The fraction of sp³-hybridized carbons (Fsp3) is 0.613. The van der Waals surface area contributed by atoms with Crippen molar-refractivity contribution in [2.75, 3.05) is 0 Å². The topological polar surface area (TPSA) is 69.9 Å². The molecule has 0 aromatic heterocycles. The van der Waals surface area contributed by atoms with E-state index in [2.05, 4.69) is 38.6 Å². The van der Waals surface area contributed by atoms with Crippen LogP contribution in [0.15, 0.2) is 59.7 Å². The lowest BCUT2D eigenvalue weighted by Gasteiger charge is -2.44. The van der Waals surface area contributed by atoms with Gasteiger partial charge < -0.3 is 20.1 Å². The maximum absolute atomic E-state index is 10.3. The van der Waals surface area contributed by atoms with Crippen molar-refractivity contribution >= 4 is 0 Å². The van der Waals surface area contributed by atoms with E-state index < -0.39 is 17.8 Å². The summed E-state index contributed by atoms with van der Waals surface area (Å²) in [6, 6.07) is 8.08. The highest BCUT2D eigenvalue weighted by Gasteiger charge is 2.51. The predicted octanol–water partition coefficient (Wildman–Crippen LogP) is 5.96. The Hall–Kier alpha value is -1.72. The highest BCUT2D eigenvalue weighted by molar-refractivity contribution is 5.38.